The second-order valence-electron chi connectivity index (χ2n) is 7.34. The lowest BCUT2D eigenvalue weighted by molar-refractivity contribution is 0.0938. The smallest absolute Gasteiger partial charge is 0.115 e. The molecule has 4 atom stereocenters. The van der Waals surface area contributed by atoms with Gasteiger partial charge in [-0.05, 0) is 79.5 Å². The highest BCUT2D eigenvalue weighted by molar-refractivity contribution is 5.92. The van der Waals surface area contributed by atoms with Crippen LogP contribution in [-0.2, 0) is 6.42 Å². The van der Waals surface area contributed by atoms with Crippen molar-refractivity contribution in [1.82, 2.24) is 0 Å². The number of nitrogens with zero attached hydrogens (tertiary/aromatic N) is 1. The van der Waals surface area contributed by atoms with Crippen molar-refractivity contribution in [3.8, 4) is 5.75 Å². The second kappa shape index (κ2) is 4.49. The van der Waals surface area contributed by atoms with E-state index < -0.39 is 0 Å². The van der Waals surface area contributed by atoms with Gasteiger partial charge in [-0.2, -0.15) is 0 Å². The number of hydrogen-bond donors (Lipinski definition) is 2. The number of rotatable bonds is 0. The Bertz CT molecular complexity index is 609. The predicted octanol–water partition coefficient (Wildman–Crippen LogP) is 4.08. The lowest BCUT2D eigenvalue weighted by Gasteiger charge is -2.48. The third kappa shape index (κ3) is 1.76. The van der Waals surface area contributed by atoms with E-state index in [1.54, 1.807) is 0 Å². The Hall–Kier alpha value is -1.51. The summed E-state index contributed by atoms with van der Waals surface area (Å²) in [6.45, 7) is 2.31. The zero-order valence-corrected chi connectivity index (χ0v) is 12.5. The van der Waals surface area contributed by atoms with Crippen LogP contribution in [0.1, 0.15) is 56.1 Å². The summed E-state index contributed by atoms with van der Waals surface area (Å²) >= 11 is 0. The maximum absolute atomic E-state index is 9.70. The molecule has 0 radical (unpaired) electrons. The van der Waals surface area contributed by atoms with Crippen LogP contribution in [0.25, 0.3) is 0 Å². The van der Waals surface area contributed by atoms with Gasteiger partial charge < -0.3 is 10.3 Å². The summed E-state index contributed by atoms with van der Waals surface area (Å²) in [5.41, 5.74) is 3.95. The summed E-state index contributed by atoms with van der Waals surface area (Å²) in [6, 6.07) is 5.93. The van der Waals surface area contributed by atoms with Crippen molar-refractivity contribution in [3.05, 3.63) is 29.3 Å². The summed E-state index contributed by atoms with van der Waals surface area (Å²) in [6.07, 6.45) is 6.71. The van der Waals surface area contributed by atoms with E-state index in [2.05, 4.69) is 18.1 Å². The average Bonchev–Trinajstić information content (AvgIpc) is 2.83. The number of phenolic OH excluding ortho intramolecular Hbond substituents is 1. The van der Waals surface area contributed by atoms with Gasteiger partial charge >= 0.3 is 0 Å². The van der Waals surface area contributed by atoms with Gasteiger partial charge in [-0.15, -0.1) is 0 Å². The van der Waals surface area contributed by atoms with E-state index in [4.69, 9.17) is 0 Å². The maximum atomic E-state index is 9.70. The van der Waals surface area contributed by atoms with E-state index in [-0.39, 0.29) is 5.41 Å². The maximum Gasteiger partial charge on any atom is 0.115 e. The molecule has 1 aromatic carbocycles. The quantitative estimate of drug-likeness (QED) is 0.557. The SMILES string of the molecule is C[C@]12CCC3c4ccc(O)cc4CCC3C1CC/C2=N/O. The molecule has 0 spiro atoms. The van der Waals surface area contributed by atoms with Crippen LogP contribution >= 0.6 is 0 Å². The third-order valence-electron chi connectivity index (χ3n) is 6.57. The van der Waals surface area contributed by atoms with Gasteiger partial charge in [-0.25, -0.2) is 0 Å². The van der Waals surface area contributed by atoms with Gasteiger partial charge in [0.25, 0.3) is 0 Å². The van der Waals surface area contributed by atoms with Crippen molar-refractivity contribution in [2.45, 2.75) is 51.4 Å². The summed E-state index contributed by atoms with van der Waals surface area (Å²) in [4.78, 5) is 0. The van der Waals surface area contributed by atoms with E-state index in [0.29, 0.717) is 23.5 Å². The lowest BCUT2D eigenvalue weighted by atomic mass is 9.55. The summed E-state index contributed by atoms with van der Waals surface area (Å²) in [5.74, 6) is 2.39. The molecule has 0 aromatic heterocycles. The van der Waals surface area contributed by atoms with Crippen LogP contribution in [0.3, 0.4) is 0 Å². The Morgan fingerprint density at radius 2 is 2.05 bits per heavy atom. The Labute approximate surface area is 125 Å². The van der Waals surface area contributed by atoms with Gasteiger partial charge in [0.1, 0.15) is 5.75 Å². The third-order valence-corrected chi connectivity index (χ3v) is 6.57. The fourth-order valence-corrected chi connectivity index (χ4v) is 5.52. The van der Waals surface area contributed by atoms with Crippen molar-refractivity contribution >= 4 is 5.71 Å². The molecule has 0 amide bonds. The van der Waals surface area contributed by atoms with E-state index >= 15 is 0 Å². The van der Waals surface area contributed by atoms with Crippen molar-refractivity contribution in [1.29, 1.82) is 0 Å². The standard InChI is InChI=1S/C18H23NO2/c1-18-9-8-14-13-5-3-12(20)10-11(13)2-4-15(14)16(18)6-7-17(18)19-21/h3,5,10,14-16,20-21H,2,4,6-9H2,1H3/b19-17-/t14?,15?,16?,18-/m0/s1. The molecule has 2 N–H and O–H groups in total. The first kappa shape index (κ1) is 13.2. The topological polar surface area (TPSA) is 52.8 Å². The monoisotopic (exact) mass is 285 g/mol. The zero-order chi connectivity index (χ0) is 14.6. The van der Waals surface area contributed by atoms with Gasteiger partial charge in [0.05, 0.1) is 5.71 Å². The highest BCUT2D eigenvalue weighted by Crippen LogP contribution is 2.59. The number of benzene rings is 1. The first-order valence-electron chi connectivity index (χ1n) is 8.16. The summed E-state index contributed by atoms with van der Waals surface area (Å²) in [7, 11) is 0. The molecule has 3 aliphatic rings. The van der Waals surface area contributed by atoms with Crippen LogP contribution in [0.15, 0.2) is 23.4 Å². The van der Waals surface area contributed by atoms with Gasteiger partial charge in [-0.1, -0.05) is 18.1 Å². The highest BCUT2D eigenvalue weighted by Gasteiger charge is 2.53. The molecule has 3 unspecified atom stereocenters. The Morgan fingerprint density at radius 1 is 1.19 bits per heavy atom. The Balaban J connectivity index is 1.72. The Morgan fingerprint density at radius 3 is 2.86 bits per heavy atom. The Kier molecular flexibility index (Phi) is 2.82. The largest absolute Gasteiger partial charge is 0.508 e. The van der Waals surface area contributed by atoms with Crippen molar-refractivity contribution in [3.63, 3.8) is 0 Å². The average molecular weight is 285 g/mol. The van der Waals surface area contributed by atoms with Crippen LogP contribution in [0, 0.1) is 17.3 Å². The van der Waals surface area contributed by atoms with Crippen molar-refractivity contribution in [2.75, 3.05) is 0 Å². The number of fused-ring (bicyclic) bond motifs is 5. The summed E-state index contributed by atoms with van der Waals surface area (Å²) in [5, 5.41) is 22.6. The van der Waals surface area contributed by atoms with Crippen LogP contribution in [-0.4, -0.2) is 16.0 Å². The molecule has 3 heteroatoms. The number of hydrogen-bond acceptors (Lipinski definition) is 3. The predicted molar refractivity (Wildman–Crippen MR) is 81.9 cm³/mol. The number of aromatic hydroxyl groups is 1. The van der Waals surface area contributed by atoms with Gasteiger partial charge in [-0.3, -0.25) is 0 Å². The molecule has 0 bridgehead atoms. The number of oxime groups is 1. The lowest BCUT2D eigenvalue weighted by Crippen LogP contribution is -2.42. The number of phenols is 1. The fraction of sp³-hybridized carbons (Fsp3) is 0.611. The highest BCUT2D eigenvalue weighted by atomic mass is 16.4. The minimum absolute atomic E-state index is 0.115. The second-order valence-corrected chi connectivity index (χ2v) is 7.34. The molecule has 3 aliphatic carbocycles. The molecular formula is C18H23NO2. The van der Waals surface area contributed by atoms with Gasteiger partial charge in [0.15, 0.2) is 0 Å². The molecular weight excluding hydrogens is 262 g/mol. The minimum atomic E-state index is 0.115. The fourth-order valence-electron chi connectivity index (χ4n) is 5.52. The van der Waals surface area contributed by atoms with E-state index in [1.165, 1.54) is 30.4 Å². The molecule has 0 saturated heterocycles. The molecule has 3 nitrogen and oxygen atoms in total. The molecule has 0 aliphatic heterocycles. The van der Waals surface area contributed by atoms with Crippen molar-refractivity contribution in [2.24, 2.45) is 22.4 Å². The first-order valence-corrected chi connectivity index (χ1v) is 8.16. The van der Waals surface area contributed by atoms with Crippen molar-refractivity contribution < 1.29 is 10.3 Å². The van der Waals surface area contributed by atoms with Crippen LogP contribution in [0.2, 0.25) is 0 Å². The van der Waals surface area contributed by atoms with Gasteiger partial charge in [0, 0.05) is 5.41 Å². The molecule has 2 saturated carbocycles. The molecule has 0 heterocycles. The molecule has 1 aromatic rings. The van der Waals surface area contributed by atoms with E-state index in [1.807, 2.05) is 12.1 Å². The van der Waals surface area contributed by atoms with E-state index in [0.717, 1.165) is 25.0 Å². The van der Waals surface area contributed by atoms with Gasteiger partial charge in [0.2, 0.25) is 0 Å². The molecule has 2 fully saturated rings. The first-order chi connectivity index (χ1) is 10.1. The molecule has 112 valence electrons. The van der Waals surface area contributed by atoms with Crippen LogP contribution in [0.5, 0.6) is 5.75 Å². The normalized spacial score (nSPS) is 39.7. The number of aryl methyl sites for hydroxylation is 1. The molecule has 21 heavy (non-hydrogen) atoms. The van der Waals surface area contributed by atoms with Crippen LogP contribution < -0.4 is 0 Å². The van der Waals surface area contributed by atoms with Crippen LogP contribution in [0.4, 0.5) is 0 Å². The zero-order valence-electron chi connectivity index (χ0n) is 12.5. The van der Waals surface area contributed by atoms with E-state index in [9.17, 15) is 10.3 Å². The molecule has 4 rings (SSSR count). The minimum Gasteiger partial charge on any atom is -0.508 e. The summed E-state index contributed by atoms with van der Waals surface area (Å²) < 4.78 is 0.